The molecule has 1 aliphatic heterocycles. The molecule has 1 unspecified atom stereocenters. The van der Waals surface area contributed by atoms with Gasteiger partial charge in [-0.3, -0.25) is 9.69 Å². The van der Waals surface area contributed by atoms with Crippen LogP contribution in [0.5, 0.6) is 5.75 Å². The summed E-state index contributed by atoms with van der Waals surface area (Å²) in [4.78, 5) is 13.5. The fourth-order valence-electron chi connectivity index (χ4n) is 2.25. The molecule has 17 heavy (non-hydrogen) atoms. The van der Waals surface area contributed by atoms with E-state index < -0.39 is 5.41 Å². The number of primary amides is 1. The van der Waals surface area contributed by atoms with Crippen molar-refractivity contribution in [3.8, 4) is 5.75 Å². The van der Waals surface area contributed by atoms with Crippen LogP contribution in [0.15, 0.2) is 24.3 Å². The number of likely N-dealkylation sites (tertiary alicyclic amines) is 1. The number of nitrogens with two attached hydrogens (primary N) is 1. The molecule has 1 fully saturated rings. The molecule has 4 heteroatoms. The van der Waals surface area contributed by atoms with Gasteiger partial charge in [0, 0.05) is 13.1 Å². The third-order valence-electron chi connectivity index (χ3n) is 3.49. The molecule has 0 aromatic heterocycles. The standard InChI is InChI=1S/C13H18N2O2/c1-13(12(14)17)6-7-15(9-13)8-10-2-4-11(16)5-3-10/h2-5,16H,6-9H2,1H3,(H2,14,17). The number of aromatic hydroxyl groups is 1. The van der Waals surface area contributed by atoms with Crippen molar-refractivity contribution in [3.05, 3.63) is 29.8 Å². The van der Waals surface area contributed by atoms with Crippen molar-refractivity contribution in [1.29, 1.82) is 0 Å². The topological polar surface area (TPSA) is 66.6 Å². The molecular formula is C13H18N2O2. The van der Waals surface area contributed by atoms with Gasteiger partial charge in [0.25, 0.3) is 0 Å². The first-order valence-corrected chi connectivity index (χ1v) is 5.80. The van der Waals surface area contributed by atoms with E-state index in [0.717, 1.165) is 25.1 Å². The Hall–Kier alpha value is -1.55. The van der Waals surface area contributed by atoms with Gasteiger partial charge in [0.1, 0.15) is 5.75 Å². The van der Waals surface area contributed by atoms with Gasteiger partial charge in [0.2, 0.25) is 5.91 Å². The highest BCUT2D eigenvalue weighted by atomic mass is 16.3. The SMILES string of the molecule is CC1(C(N)=O)CCN(Cc2ccc(O)cc2)C1. The number of carbonyl (C=O) groups is 1. The fourth-order valence-corrected chi connectivity index (χ4v) is 2.25. The minimum Gasteiger partial charge on any atom is -0.508 e. The summed E-state index contributed by atoms with van der Waals surface area (Å²) in [7, 11) is 0. The van der Waals surface area contributed by atoms with Crippen LogP contribution in [0, 0.1) is 5.41 Å². The Kier molecular flexibility index (Phi) is 3.07. The highest BCUT2D eigenvalue weighted by Gasteiger charge is 2.38. The van der Waals surface area contributed by atoms with E-state index in [1.807, 2.05) is 19.1 Å². The second-order valence-corrected chi connectivity index (χ2v) is 5.05. The van der Waals surface area contributed by atoms with Crippen LogP contribution in [0.25, 0.3) is 0 Å². The lowest BCUT2D eigenvalue weighted by Crippen LogP contribution is -2.36. The third kappa shape index (κ3) is 2.58. The number of carbonyl (C=O) groups excluding carboxylic acids is 1. The smallest absolute Gasteiger partial charge is 0.224 e. The minimum atomic E-state index is -0.392. The molecule has 1 aromatic carbocycles. The molecule has 1 saturated heterocycles. The molecule has 0 saturated carbocycles. The van der Waals surface area contributed by atoms with Gasteiger partial charge in [-0.15, -0.1) is 0 Å². The molecule has 0 spiro atoms. The predicted molar refractivity (Wildman–Crippen MR) is 65.3 cm³/mol. The number of nitrogens with zero attached hydrogens (tertiary/aromatic N) is 1. The van der Waals surface area contributed by atoms with Crippen LogP contribution in [0.1, 0.15) is 18.9 Å². The number of hydrogen-bond acceptors (Lipinski definition) is 3. The summed E-state index contributed by atoms with van der Waals surface area (Å²) < 4.78 is 0. The van der Waals surface area contributed by atoms with Crippen LogP contribution in [0.2, 0.25) is 0 Å². The van der Waals surface area contributed by atoms with Gasteiger partial charge in [0.05, 0.1) is 5.41 Å². The van der Waals surface area contributed by atoms with Crippen LogP contribution in [-0.4, -0.2) is 29.0 Å². The molecule has 92 valence electrons. The zero-order valence-corrected chi connectivity index (χ0v) is 10.0. The number of phenolic OH excluding ortho intramolecular Hbond substituents is 1. The average Bonchev–Trinajstić information content (AvgIpc) is 2.65. The maximum atomic E-state index is 11.3. The first kappa shape index (κ1) is 11.9. The summed E-state index contributed by atoms with van der Waals surface area (Å²) >= 11 is 0. The lowest BCUT2D eigenvalue weighted by atomic mass is 9.89. The Balaban J connectivity index is 1.98. The van der Waals surface area contributed by atoms with Crippen LogP contribution in [0.4, 0.5) is 0 Å². The van der Waals surface area contributed by atoms with Crippen LogP contribution in [0.3, 0.4) is 0 Å². The van der Waals surface area contributed by atoms with Crippen LogP contribution < -0.4 is 5.73 Å². The average molecular weight is 234 g/mol. The largest absolute Gasteiger partial charge is 0.508 e. The highest BCUT2D eigenvalue weighted by molar-refractivity contribution is 5.81. The maximum absolute atomic E-state index is 11.3. The van der Waals surface area contributed by atoms with E-state index in [1.165, 1.54) is 0 Å². The zero-order valence-electron chi connectivity index (χ0n) is 10.0. The molecule has 0 radical (unpaired) electrons. The molecule has 3 N–H and O–H groups in total. The highest BCUT2D eigenvalue weighted by Crippen LogP contribution is 2.30. The summed E-state index contributed by atoms with van der Waals surface area (Å²) in [6.07, 6.45) is 0.820. The van der Waals surface area contributed by atoms with Crippen molar-refractivity contribution in [3.63, 3.8) is 0 Å². The first-order chi connectivity index (χ1) is 7.99. The molecule has 1 aromatic rings. The van der Waals surface area contributed by atoms with Crippen molar-refractivity contribution < 1.29 is 9.90 Å². The van der Waals surface area contributed by atoms with Gasteiger partial charge in [-0.05, 0) is 37.6 Å². The second-order valence-electron chi connectivity index (χ2n) is 5.05. The van der Waals surface area contributed by atoms with E-state index in [9.17, 15) is 9.90 Å². The Bertz CT molecular complexity index is 416. The summed E-state index contributed by atoms with van der Waals surface area (Å²) in [6, 6.07) is 7.15. The molecule has 1 atom stereocenters. The van der Waals surface area contributed by atoms with Gasteiger partial charge in [-0.1, -0.05) is 12.1 Å². The van der Waals surface area contributed by atoms with Gasteiger partial charge >= 0.3 is 0 Å². The molecule has 1 amide bonds. The zero-order chi connectivity index (χ0) is 12.5. The van der Waals surface area contributed by atoms with Gasteiger partial charge in [-0.2, -0.15) is 0 Å². The van der Waals surface area contributed by atoms with E-state index in [1.54, 1.807) is 12.1 Å². The summed E-state index contributed by atoms with van der Waals surface area (Å²) in [5.41, 5.74) is 6.15. The lowest BCUT2D eigenvalue weighted by molar-refractivity contribution is -0.126. The lowest BCUT2D eigenvalue weighted by Gasteiger charge is -2.21. The number of rotatable bonds is 3. The predicted octanol–water partition coefficient (Wildman–Crippen LogP) is 1.09. The van der Waals surface area contributed by atoms with Crippen molar-refractivity contribution in [2.75, 3.05) is 13.1 Å². The van der Waals surface area contributed by atoms with Crippen molar-refractivity contribution >= 4 is 5.91 Å². The molecule has 4 nitrogen and oxygen atoms in total. The van der Waals surface area contributed by atoms with Crippen molar-refractivity contribution in [1.82, 2.24) is 4.90 Å². The fraction of sp³-hybridized carbons (Fsp3) is 0.462. The van der Waals surface area contributed by atoms with Gasteiger partial charge in [0.15, 0.2) is 0 Å². The van der Waals surface area contributed by atoms with Gasteiger partial charge in [-0.25, -0.2) is 0 Å². The summed E-state index contributed by atoms with van der Waals surface area (Å²) in [5.74, 6) is 0.0582. The molecule has 0 bridgehead atoms. The first-order valence-electron chi connectivity index (χ1n) is 5.80. The minimum absolute atomic E-state index is 0.217. The van der Waals surface area contributed by atoms with E-state index in [2.05, 4.69) is 4.90 Å². The number of hydrogen-bond donors (Lipinski definition) is 2. The molecule has 1 aliphatic rings. The maximum Gasteiger partial charge on any atom is 0.224 e. The van der Waals surface area contributed by atoms with Crippen LogP contribution in [-0.2, 0) is 11.3 Å². The van der Waals surface area contributed by atoms with E-state index in [-0.39, 0.29) is 11.7 Å². The van der Waals surface area contributed by atoms with Crippen LogP contribution >= 0.6 is 0 Å². The summed E-state index contributed by atoms with van der Waals surface area (Å²) in [6.45, 7) is 4.32. The molecular weight excluding hydrogens is 216 g/mol. The van der Waals surface area contributed by atoms with E-state index in [4.69, 9.17) is 5.73 Å². The quantitative estimate of drug-likeness (QED) is 0.822. The Morgan fingerprint density at radius 1 is 1.47 bits per heavy atom. The second kappa shape index (κ2) is 4.37. The number of amides is 1. The Morgan fingerprint density at radius 3 is 2.65 bits per heavy atom. The van der Waals surface area contributed by atoms with Gasteiger partial charge < -0.3 is 10.8 Å². The van der Waals surface area contributed by atoms with Crippen molar-refractivity contribution in [2.45, 2.75) is 19.9 Å². The Morgan fingerprint density at radius 2 is 2.12 bits per heavy atom. The summed E-state index contributed by atoms with van der Waals surface area (Å²) in [5, 5.41) is 9.20. The van der Waals surface area contributed by atoms with E-state index in [0.29, 0.717) is 6.54 Å². The Labute approximate surface area is 101 Å². The monoisotopic (exact) mass is 234 g/mol. The molecule has 1 heterocycles. The normalized spacial score (nSPS) is 25.0. The van der Waals surface area contributed by atoms with E-state index >= 15 is 0 Å². The van der Waals surface area contributed by atoms with Crippen molar-refractivity contribution in [2.24, 2.45) is 11.1 Å². The third-order valence-corrected chi connectivity index (χ3v) is 3.49. The molecule has 0 aliphatic carbocycles. The molecule has 2 rings (SSSR count). The number of phenols is 1. The number of benzene rings is 1.